The van der Waals surface area contributed by atoms with Gasteiger partial charge in [0.25, 0.3) is 0 Å². The van der Waals surface area contributed by atoms with E-state index >= 15 is 0 Å². The molecule has 2 saturated heterocycles. The second kappa shape index (κ2) is 7.08. The van der Waals surface area contributed by atoms with Gasteiger partial charge < -0.3 is 4.90 Å². The third-order valence-corrected chi connectivity index (χ3v) is 5.48. The van der Waals surface area contributed by atoms with Crippen LogP contribution in [0, 0.1) is 0 Å². The number of anilines is 1. The molecule has 2 N–H and O–H groups in total. The topological polar surface area (TPSA) is 85.1 Å². The number of piperidine rings is 1. The van der Waals surface area contributed by atoms with Crippen LogP contribution in [0.2, 0.25) is 0 Å². The number of carbonyl (C=O) groups excluding carboxylic acids is 1. The maximum atomic E-state index is 12.9. The highest BCUT2D eigenvalue weighted by atomic mass is 19.4. The highest BCUT2D eigenvalue weighted by Crippen LogP contribution is 2.33. The van der Waals surface area contributed by atoms with Gasteiger partial charge in [0.15, 0.2) is 0 Å². The molecule has 7 nitrogen and oxygen atoms in total. The van der Waals surface area contributed by atoms with Gasteiger partial charge in [-0.1, -0.05) is 0 Å². The van der Waals surface area contributed by atoms with Crippen molar-refractivity contribution >= 4 is 11.6 Å². The van der Waals surface area contributed by atoms with Crippen LogP contribution in [0.1, 0.15) is 36.6 Å². The van der Waals surface area contributed by atoms with Crippen LogP contribution >= 0.6 is 0 Å². The third kappa shape index (κ3) is 3.56. The summed E-state index contributed by atoms with van der Waals surface area (Å²) in [7, 11) is 0. The zero-order chi connectivity index (χ0) is 19.9. The van der Waals surface area contributed by atoms with Crippen molar-refractivity contribution in [2.75, 3.05) is 24.5 Å². The van der Waals surface area contributed by atoms with Crippen molar-refractivity contribution in [3.63, 3.8) is 0 Å². The predicted molar refractivity (Wildman–Crippen MR) is 95.0 cm³/mol. The molecule has 150 valence electrons. The molecule has 2 aliphatic rings. The molecule has 0 radical (unpaired) electrons. The fourth-order valence-corrected chi connectivity index (χ4v) is 4.08. The average molecular weight is 395 g/mol. The molecule has 2 fully saturated rings. The second-order valence-corrected chi connectivity index (χ2v) is 7.24. The van der Waals surface area contributed by atoms with Gasteiger partial charge in [-0.15, -0.1) is 0 Å². The number of alkyl halides is 3. The van der Waals surface area contributed by atoms with Gasteiger partial charge in [-0.05, 0) is 50.1 Å². The van der Waals surface area contributed by atoms with Gasteiger partial charge in [0.1, 0.15) is 5.82 Å². The van der Waals surface area contributed by atoms with Gasteiger partial charge in [0.2, 0.25) is 5.91 Å². The Bertz CT molecular complexity index is 905. The Morgan fingerprint density at radius 2 is 1.82 bits per heavy atom. The van der Waals surface area contributed by atoms with E-state index in [0.717, 1.165) is 31.5 Å². The van der Waals surface area contributed by atoms with Crippen LogP contribution in [0.25, 0.3) is 0 Å². The molecular weight excluding hydrogens is 375 g/mol. The summed E-state index contributed by atoms with van der Waals surface area (Å²) in [6.45, 7) is 1.84. The summed E-state index contributed by atoms with van der Waals surface area (Å²) < 4.78 is 38.2. The molecule has 2 atom stereocenters. The maximum absolute atomic E-state index is 12.9. The monoisotopic (exact) mass is 395 g/mol. The van der Waals surface area contributed by atoms with Gasteiger partial charge >= 0.3 is 11.9 Å². The number of hydrogen-bond donors (Lipinski definition) is 2. The fraction of sp³-hybridized carbons (Fsp3) is 0.500. The summed E-state index contributed by atoms with van der Waals surface area (Å²) in [6.07, 6.45) is -2.03. The highest BCUT2D eigenvalue weighted by molar-refractivity contribution is 5.99. The lowest BCUT2D eigenvalue weighted by Crippen LogP contribution is -2.46. The number of H-pyrrole nitrogens is 2. The van der Waals surface area contributed by atoms with E-state index in [2.05, 4.69) is 20.1 Å². The van der Waals surface area contributed by atoms with E-state index in [4.69, 9.17) is 0 Å². The minimum absolute atomic E-state index is 0.0422. The Kier molecular flexibility index (Phi) is 4.74. The Hall–Kier alpha value is -2.62. The molecule has 1 aromatic heterocycles. The molecule has 1 aromatic carbocycles. The van der Waals surface area contributed by atoms with E-state index in [-0.39, 0.29) is 23.6 Å². The molecule has 28 heavy (non-hydrogen) atoms. The van der Waals surface area contributed by atoms with Gasteiger partial charge in [-0.25, -0.2) is 9.89 Å². The summed E-state index contributed by atoms with van der Waals surface area (Å²) in [4.78, 5) is 30.5. The van der Waals surface area contributed by atoms with E-state index < -0.39 is 11.7 Å². The number of nitrogens with zero attached hydrogens (tertiary/aromatic N) is 3. The van der Waals surface area contributed by atoms with Gasteiger partial charge in [0, 0.05) is 24.7 Å². The molecule has 0 saturated carbocycles. The predicted octanol–water partition coefficient (Wildman–Crippen LogP) is 2.10. The normalized spacial score (nSPS) is 24.1. The minimum atomic E-state index is -4.40. The van der Waals surface area contributed by atoms with Crippen LogP contribution < -0.4 is 10.6 Å². The molecule has 1 amide bonds. The molecule has 0 aliphatic carbocycles. The fourth-order valence-electron chi connectivity index (χ4n) is 4.08. The number of rotatable bonds is 3. The number of hydrogen-bond acceptors (Lipinski definition) is 4. The number of halogens is 3. The zero-order valence-corrected chi connectivity index (χ0v) is 15.0. The Balaban J connectivity index is 1.46. The molecule has 2 aliphatic heterocycles. The van der Waals surface area contributed by atoms with Crippen molar-refractivity contribution in [1.82, 2.24) is 20.1 Å². The Labute approximate surface area is 158 Å². The van der Waals surface area contributed by atoms with Crippen LogP contribution in [-0.4, -0.2) is 51.7 Å². The van der Waals surface area contributed by atoms with Crippen LogP contribution in [0.3, 0.4) is 0 Å². The van der Waals surface area contributed by atoms with E-state index in [0.29, 0.717) is 31.0 Å². The average Bonchev–Trinajstić information content (AvgIpc) is 3.27. The highest BCUT2D eigenvalue weighted by Gasteiger charge is 2.39. The van der Waals surface area contributed by atoms with Crippen molar-refractivity contribution in [3.05, 3.63) is 46.1 Å². The van der Waals surface area contributed by atoms with Crippen molar-refractivity contribution < 1.29 is 18.0 Å². The number of nitrogens with one attached hydrogen (secondary N) is 2. The summed E-state index contributed by atoms with van der Waals surface area (Å²) in [5, 5.41) is 6.37. The lowest BCUT2D eigenvalue weighted by molar-refractivity contribution is -0.137. The number of carbonyl (C=O) groups is 1. The first-order valence-corrected chi connectivity index (χ1v) is 9.20. The molecule has 2 unspecified atom stereocenters. The van der Waals surface area contributed by atoms with Crippen LogP contribution in [0.15, 0.2) is 29.1 Å². The van der Waals surface area contributed by atoms with Crippen LogP contribution in [0.5, 0.6) is 0 Å². The van der Waals surface area contributed by atoms with E-state index in [1.165, 1.54) is 12.1 Å². The first-order valence-electron chi connectivity index (χ1n) is 9.20. The SMILES string of the molecule is O=C1C(N2CCCC(c3n[nH]c(=O)[nH]3)C2)CCN1c1ccc(C(F)(F)F)cc1. The lowest BCUT2D eigenvalue weighted by atomic mass is 9.95. The minimum Gasteiger partial charge on any atom is -0.311 e. The summed E-state index contributed by atoms with van der Waals surface area (Å²) in [5.74, 6) is 0.538. The number of amides is 1. The smallest absolute Gasteiger partial charge is 0.311 e. The summed E-state index contributed by atoms with van der Waals surface area (Å²) in [5.41, 5.74) is -0.602. The molecule has 0 spiro atoms. The third-order valence-electron chi connectivity index (χ3n) is 5.48. The molecule has 3 heterocycles. The molecule has 4 rings (SSSR count). The van der Waals surface area contributed by atoms with E-state index in [1.807, 2.05) is 0 Å². The largest absolute Gasteiger partial charge is 0.416 e. The van der Waals surface area contributed by atoms with E-state index in [1.54, 1.807) is 4.90 Å². The number of likely N-dealkylation sites (tertiary alicyclic amines) is 1. The van der Waals surface area contributed by atoms with Gasteiger partial charge in [0.05, 0.1) is 11.6 Å². The molecule has 10 heteroatoms. The summed E-state index contributed by atoms with van der Waals surface area (Å²) >= 11 is 0. The second-order valence-electron chi connectivity index (χ2n) is 7.24. The number of aromatic amines is 2. The maximum Gasteiger partial charge on any atom is 0.416 e. The standard InChI is InChI=1S/C18H20F3N5O2/c19-18(20,21)12-3-5-13(6-4-12)26-9-7-14(16(26)27)25-8-1-2-11(10-25)15-22-17(28)24-23-15/h3-6,11,14H,1-2,7-10H2,(H2,22,23,24,28). The van der Waals surface area contributed by atoms with Crippen molar-refractivity contribution in [2.24, 2.45) is 0 Å². The Morgan fingerprint density at radius 3 is 2.46 bits per heavy atom. The molecule has 2 aromatic rings. The summed E-state index contributed by atoms with van der Waals surface area (Å²) in [6, 6.07) is 4.38. The van der Waals surface area contributed by atoms with Gasteiger partial charge in [-0.3, -0.25) is 14.7 Å². The van der Waals surface area contributed by atoms with Crippen LogP contribution in [0.4, 0.5) is 18.9 Å². The lowest BCUT2D eigenvalue weighted by Gasteiger charge is -2.35. The quantitative estimate of drug-likeness (QED) is 0.834. The van der Waals surface area contributed by atoms with Crippen molar-refractivity contribution in [1.29, 1.82) is 0 Å². The molecule has 0 bridgehead atoms. The Morgan fingerprint density at radius 1 is 1.07 bits per heavy atom. The number of aromatic nitrogens is 3. The van der Waals surface area contributed by atoms with Crippen molar-refractivity contribution in [2.45, 2.75) is 37.4 Å². The first kappa shape index (κ1) is 18.7. The van der Waals surface area contributed by atoms with E-state index in [9.17, 15) is 22.8 Å². The zero-order valence-electron chi connectivity index (χ0n) is 15.0. The number of benzene rings is 1. The molecular formula is C18H20F3N5O2. The van der Waals surface area contributed by atoms with Crippen molar-refractivity contribution in [3.8, 4) is 0 Å². The first-order chi connectivity index (χ1) is 13.3. The van der Waals surface area contributed by atoms with Gasteiger partial charge in [-0.2, -0.15) is 18.3 Å². The van der Waals surface area contributed by atoms with Crippen LogP contribution in [-0.2, 0) is 11.0 Å².